The van der Waals surface area contributed by atoms with Gasteiger partial charge in [-0.05, 0) is 52.1 Å². The Kier molecular flexibility index (Phi) is 3.58. The van der Waals surface area contributed by atoms with Crippen molar-refractivity contribution in [3.63, 3.8) is 0 Å². The van der Waals surface area contributed by atoms with Gasteiger partial charge < -0.3 is 5.73 Å². The molecule has 1 atom stereocenters. The molecule has 1 rings (SSSR count). The van der Waals surface area contributed by atoms with E-state index in [1.165, 1.54) is 14.7 Å². The van der Waals surface area contributed by atoms with Crippen molar-refractivity contribution in [2.24, 2.45) is 11.1 Å². The predicted octanol–water partition coefficient (Wildman–Crippen LogP) is 3.65. The summed E-state index contributed by atoms with van der Waals surface area (Å²) in [6, 6.07) is 6.57. The normalized spacial score (nSPS) is 14.1. The van der Waals surface area contributed by atoms with E-state index < -0.39 is 0 Å². The molecule has 0 aliphatic heterocycles. The summed E-state index contributed by atoms with van der Waals surface area (Å²) in [5.41, 5.74) is 8.85. The van der Waals surface area contributed by atoms with Crippen molar-refractivity contribution >= 4 is 22.6 Å². The van der Waals surface area contributed by atoms with Gasteiger partial charge >= 0.3 is 0 Å². The largest absolute Gasteiger partial charge is 0.324 e. The predicted molar refractivity (Wildman–Crippen MR) is 70.3 cm³/mol. The van der Waals surface area contributed by atoms with Crippen LogP contribution in [0.3, 0.4) is 0 Å². The average Bonchev–Trinajstić information content (AvgIpc) is 2.07. The maximum Gasteiger partial charge on any atom is 0.0344 e. The van der Waals surface area contributed by atoms with Crippen LogP contribution in [0.1, 0.15) is 37.9 Å². The van der Waals surface area contributed by atoms with Crippen molar-refractivity contribution in [1.29, 1.82) is 0 Å². The number of rotatable bonds is 1. The van der Waals surface area contributed by atoms with Gasteiger partial charge in [0, 0.05) is 9.61 Å². The fourth-order valence-electron chi connectivity index (χ4n) is 1.36. The third-order valence-corrected chi connectivity index (χ3v) is 3.68. The van der Waals surface area contributed by atoms with Crippen molar-refractivity contribution in [3.8, 4) is 0 Å². The first-order valence-corrected chi connectivity index (χ1v) is 5.92. The number of aryl methyl sites for hydroxylation is 1. The number of hydrogen-bond donors (Lipinski definition) is 1. The molecule has 2 N–H and O–H groups in total. The topological polar surface area (TPSA) is 26.0 Å². The number of benzene rings is 1. The zero-order valence-electron chi connectivity index (χ0n) is 9.26. The molecule has 0 amide bonds. The van der Waals surface area contributed by atoms with Crippen molar-refractivity contribution in [1.82, 2.24) is 0 Å². The lowest BCUT2D eigenvalue weighted by molar-refractivity contribution is 0.327. The molecule has 1 aromatic rings. The van der Waals surface area contributed by atoms with Gasteiger partial charge in [-0.3, -0.25) is 0 Å². The Hall–Kier alpha value is -0.0900. The summed E-state index contributed by atoms with van der Waals surface area (Å²) < 4.78 is 1.30. The van der Waals surface area contributed by atoms with Gasteiger partial charge in [-0.1, -0.05) is 32.9 Å². The summed E-state index contributed by atoms with van der Waals surface area (Å²) in [5.74, 6) is 0. The molecule has 0 saturated carbocycles. The van der Waals surface area contributed by atoms with Crippen molar-refractivity contribution in [2.75, 3.05) is 0 Å². The standard InChI is InChI=1S/C12H18IN/c1-8-7-9(5-6-10(8)13)11(14)12(2,3)4/h5-7,11H,14H2,1-4H3/t11-/m0/s1. The molecule has 1 nitrogen and oxygen atoms in total. The van der Waals surface area contributed by atoms with Crippen molar-refractivity contribution < 1.29 is 0 Å². The Morgan fingerprint density at radius 2 is 1.86 bits per heavy atom. The van der Waals surface area contributed by atoms with Crippen molar-refractivity contribution in [2.45, 2.75) is 33.7 Å². The van der Waals surface area contributed by atoms with Gasteiger partial charge in [-0.2, -0.15) is 0 Å². The smallest absolute Gasteiger partial charge is 0.0344 e. The van der Waals surface area contributed by atoms with Crippen LogP contribution in [0.15, 0.2) is 18.2 Å². The van der Waals surface area contributed by atoms with Crippen LogP contribution in [0.5, 0.6) is 0 Å². The molecule has 0 fully saturated rings. The first-order chi connectivity index (χ1) is 6.32. The van der Waals surface area contributed by atoms with E-state index in [1.54, 1.807) is 0 Å². The van der Waals surface area contributed by atoms with Gasteiger partial charge in [0.25, 0.3) is 0 Å². The Morgan fingerprint density at radius 1 is 1.29 bits per heavy atom. The molecule has 2 heteroatoms. The minimum atomic E-state index is 0.109. The van der Waals surface area contributed by atoms with E-state index in [0.29, 0.717) is 0 Å². The van der Waals surface area contributed by atoms with Gasteiger partial charge in [0.2, 0.25) is 0 Å². The number of hydrogen-bond acceptors (Lipinski definition) is 1. The first-order valence-electron chi connectivity index (χ1n) is 4.84. The van der Waals surface area contributed by atoms with Gasteiger partial charge in [0.15, 0.2) is 0 Å². The summed E-state index contributed by atoms with van der Waals surface area (Å²) in [5, 5.41) is 0. The van der Waals surface area contributed by atoms with Gasteiger partial charge in [0.05, 0.1) is 0 Å². The van der Waals surface area contributed by atoms with Crippen molar-refractivity contribution in [3.05, 3.63) is 32.9 Å². The van der Waals surface area contributed by atoms with Crippen LogP contribution in [-0.2, 0) is 0 Å². The maximum atomic E-state index is 6.19. The molecule has 0 radical (unpaired) electrons. The third kappa shape index (κ3) is 2.70. The highest BCUT2D eigenvalue weighted by atomic mass is 127. The Labute approximate surface area is 100 Å². The highest BCUT2D eigenvalue weighted by molar-refractivity contribution is 14.1. The Morgan fingerprint density at radius 3 is 2.29 bits per heavy atom. The van der Waals surface area contributed by atoms with E-state index in [4.69, 9.17) is 5.73 Å². The summed E-state index contributed by atoms with van der Waals surface area (Å²) in [7, 11) is 0. The minimum Gasteiger partial charge on any atom is -0.324 e. The van der Waals surface area contributed by atoms with Crippen LogP contribution in [0.4, 0.5) is 0 Å². The third-order valence-electron chi connectivity index (χ3n) is 2.47. The van der Waals surface area contributed by atoms with E-state index in [-0.39, 0.29) is 11.5 Å². The molecule has 0 unspecified atom stereocenters. The summed E-state index contributed by atoms with van der Waals surface area (Å²) in [4.78, 5) is 0. The second kappa shape index (κ2) is 4.19. The van der Waals surface area contributed by atoms with E-state index in [1.807, 2.05) is 0 Å². The van der Waals surface area contributed by atoms with Crippen LogP contribution in [-0.4, -0.2) is 0 Å². The minimum absolute atomic E-state index is 0.109. The molecular weight excluding hydrogens is 285 g/mol. The molecule has 0 aliphatic carbocycles. The van der Waals surface area contributed by atoms with E-state index in [0.717, 1.165) is 0 Å². The Balaban J connectivity index is 3.03. The highest BCUT2D eigenvalue weighted by Gasteiger charge is 2.22. The fourth-order valence-corrected chi connectivity index (χ4v) is 1.70. The average molecular weight is 303 g/mol. The van der Waals surface area contributed by atoms with Gasteiger partial charge in [-0.15, -0.1) is 0 Å². The lowest BCUT2D eigenvalue weighted by Crippen LogP contribution is -2.26. The maximum absolute atomic E-state index is 6.19. The molecular formula is C12H18IN. The number of halogens is 1. The lowest BCUT2D eigenvalue weighted by atomic mass is 9.83. The Bertz CT molecular complexity index is 326. The SMILES string of the molecule is Cc1cc([C@H](N)C(C)(C)C)ccc1I. The molecule has 0 saturated heterocycles. The monoisotopic (exact) mass is 303 g/mol. The molecule has 14 heavy (non-hydrogen) atoms. The molecule has 78 valence electrons. The zero-order chi connectivity index (χ0) is 10.9. The summed E-state index contributed by atoms with van der Waals surface area (Å²) >= 11 is 2.34. The van der Waals surface area contributed by atoms with Crippen LogP contribution in [0.25, 0.3) is 0 Å². The zero-order valence-corrected chi connectivity index (χ0v) is 11.4. The summed E-state index contributed by atoms with van der Waals surface area (Å²) in [6.45, 7) is 8.64. The second-order valence-electron chi connectivity index (χ2n) is 4.85. The van der Waals surface area contributed by atoms with Crippen LogP contribution in [0, 0.1) is 15.9 Å². The summed E-state index contributed by atoms with van der Waals surface area (Å²) in [6.07, 6.45) is 0. The van der Waals surface area contributed by atoms with E-state index >= 15 is 0 Å². The molecule has 0 aromatic heterocycles. The fraction of sp³-hybridized carbons (Fsp3) is 0.500. The van der Waals surface area contributed by atoms with Crippen LogP contribution >= 0.6 is 22.6 Å². The molecule has 1 aromatic carbocycles. The number of nitrogens with two attached hydrogens (primary N) is 1. The molecule has 0 aliphatic rings. The quantitative estimate of drug-likeness (QED) is 0.788. The molecule has 0 heterocycles. The first kappa shape index (κ1) is 12.0. The molecule has 0 spiro atoms. The van der Waals surface area contributed by atoms with Crippen LogP contribution in [0.2, 0.25) is 0 Å². The highest BCUT2D eigenvalue weighted by Crippen LogP contribution is 2.31. The van der Waals surface area contributed by atoms with Gasteiger partial charge in [-0.25, -0.2) is 0 Å². The van der Waals surface area contributed by atoms with Gasteiger partial charge in [0.1, 0.15) is 0 Å². The molecule has 0 bridgehead atoms. The second-order valence-corrected chi connectivity index (χ2v) is 6.01. The lowest BCUT2D eigenvalue weighted by Gasteiger charge is -2.27. The van der Waals surface area contributed by atoms with Crippen LogP contribution < -0.4 is 5.73 Å². The van der Waals surface area contributed by atoms with E-state index in [2.05, 4.69) is 68.5 Å². The van der Waals surface area contributed by atoms with E-state index in [9.17, 15) is 0 Å².